The first-order chi connectivity index (χ1) is 38.8. The summed E-state index contributed by atoms with van der Waals surface area (Å²) >= 11 is 0. The second kappa shape index (κ2) is 47.5. The number of carbonyl (C=O) groups excluding carboxylic acids is 2. The molecule has 30 heteroatoms. The molecule has 0 fully saturated rings. The van der Waals surface area contributed by atoms with Gasteiger partial charge >= 0.3 is 112 Å². The molecule has 0 aliphatic heterocycles. The maximum absolute atomic E-state index is 13.4. The SMILES string of the molecule is Cc1cc(C(N)C(=O)OCCOCCCOc2c(OCCOCCOCCOC(C)(C)C)cc(COC(=O)CN(CCN(CCN(CC(=O)O)CC(=O)O)CC(=O)O)CC(=O)O)cc2OCCOCCOCCOC(C)(C)C)ccc1O.[Mn+3].[Na+].[Na+]. The van der Waals surface area contributed by atoms with Crippen molar-refractivity contribution in [3.8, 4) is 23.0 Å². The minimum absolute atomic E-state index is 0. The van der Waals surface area contributed by atoms with Crippen LogP contribution in [0.4, 0.5) is 0 Å². The zero-order valence-corrected chi connectivity index (χ0v) is 56.1. The largest absolute Gasteiger partial charge is 3.00 e. The summed E-state index contributed by atoms with van der Waals surface area (Å²) in [7, 11) is 0. The van der Waals surface area contributed by atoms with E-state index < -0.39 is 74.6 Å². The molecule has 2 aromatic rings. The van der Waals surface area contributed by atoms with Crippen molar-refractivity contribution in [1.29, 1.82) is 0 Å². The van der Waals surface area contributed by atoms with Crippen molar-refractivity contribution >= 4 is 35.8 Å². The molecule has 0 heterocycles. The molecule has 0 spiro atoms. The maximum Gasteiger partial charge on any atom is 3.00 e. The molecule has 27 nitrogen and oxygen atoms in total. The van der Waals surface area contributed by atoms with Gasteiger partial charge in [-0.1, -0.05) is 12.1 Å². The van der Waals surface area contributed by atoms with E-state index in [1.54, 1.807) is 31.2 Å². The van der Waals surface area contributed by atoms with E-state index in [1.807, 2.05) is 41.5 Å². The van der Waals surface area contributed by atoms with E-state index in [2.05, 4.69) is 0 Å². The second-order valence-corrected chi connectivity index (χ2v) is 20.4. The summed E-state index contributed by atoms with van der Waals surface area (Å²) in [6.45, 7) is 13.1. The van der Waals surface area contributed by atoms with Crippen molar-refractivity contribution in [3.05, 3.63) is 47.0 Å². The van der Waals surface area contributed by atoms with Crippen LogP contribution in [-0.2, 0) is 95.1 Å². The third kappa shape index (κ3) is 43.0. The van der Waals surface area contributed by atoms with Crippen LogP contribution in [0.5, 0.6) is 23.0 Å². The summed E-state index contributed by atoms with van der Waals surface area (Å²) < 4.78 is 69.4. The Morgan fingerprint density at radius 3 is 1.35 bits per heavy atom. The fraction of sp³-hybridized carbons (Fsp3) is 0.673. The predicted molar refractivity (Wildman–Crippen MR) is 293 cm³/mol. The first-order valence-electron chi connectivity index (χ1n) is 26.9. The quantitative estimate of drug-likeness (QED) is 0.0212. The molecule has 7 N–H and O–H groups in total. The van der Waals surface area contributed by atoms with Crippen LogP contribution in [-0.4, -0.2) is 252 Å². The number of nitrogens with zero attached hydrogens (tertiary/aromatic N) is 3. The fourth-order valence-corrected chi connectivity index (χ4v) is 7.11. The number of ether oxygens (including phenoxy) is 12. The number of aromatic hydroxyl groups is 1. The summed E-state index contributed by atoms with van der Waals surface area (Å²) in [5.74, 6) is -5.93. The van der Waals surface area contributed by atoms with E-state index in [0.717, 1.165) is 4.90 Å². The summed E-state index contributed by atoms with van der Waals surface area (Å²) in [5.41, 5.74) is 6.92. The third-order valence-electron chi connectivity index (χ3n) is 11.0. The van der Waals surface area contributed by atoms with Gasteiger partial charge in [0.15, 0.2) is 11.5 Å². The minimum Gasteiger partial charge on any atom is -0.508 e. The van der Waals surface area contributed by atoms with Gasteiger partial charge in [-0.15, -0.1) is 0 Å². The van der Waals surface area contributed by atoms with Crippen molar-refractivity contribution in [3.63, 3.8) is 0 Å². The molecule has 0 amide bonds. The van der Waals surface area contributed by atoms with Crippen molar-refractivity contribution < 1.29 is 187 Å². The molecule has 0 radical (unpaired) electrons. The molecule has 2 aromatic carbocycles. The molecule has 470 valence electrons. The Labute approximate surface area is 553 Å². The molecule has 85 heavy (non-hydrogen) atoms. The average Bonchev–Trinajstić information content (AvgIpc) is 3.52. The molecule has 0 saturated heterocycles. The van der Waals surface area contributed by atoms with Crippen LogP contribution in [0, 0.1) is 6.92 Å². The minimum atomic E-state index is -1.29. The number of hydrogen-bond donors (Lipinski definition) is 6. The maximum atomic E-state index is 13.4. The van der Waals surface area contributed by atoms with Crippen molar-refractivity contribution in [2.24, 2.45) is 5.73 Å². The molecular formula is C55H88MnN4Na2O23+5. The molecule has 0 aromatic heterocycles. The number of rotatable bonds is 48. The molecule has 0 aliphatic carbocycles. The smallest absolute Gasteiger partial charge is 0.508 e. The summed E-state index contributed by atoms with van der Waals surface area (Å²) in [5, 5.41) is 47.5. The number of carboxylic acid groups (broad SMARTS) is 4. The number of carbonyl (C=O) groups is 6. The number of carboxylic acids is 4. The van der Waals surface area contributed by atoms with Gasteiger partial charge < -0.3 is 88.1 Å². The van der Waals surface area contributed by atoms with E-state index in [4.69, 9.17) is 62.6 Å². The van der Waals surface area contributed by atoms with Gasteiger partial charge in [-0.2, -0.15) is 0 Å². The molecule has 1 atom stereocenters. The van der Waals surface area contributed by atoms with Gasteiger partial charge in [-0.25, -0.2) is 4.79 Å². The monoisotopic (exact) mass is 1270 g/mol. The Morgan fingerprint density at radius 1 is 0.506 bits per heavy atom. The van der Waals surface area contributed by atoms with Gasteiger partial charge in [0.05, 0.1) is 123 Å². The number of benzene rings is 2. The molecular weight excluding hydrogens is 1190 g/mol. The number of esters is 2. The normalized spacial score (nSPS) is 11.8. The molecule has 2 rings (SSSR count). The van der Waals surface area contributed by atoms with Gasteiger partial charge in [-0.3, -0.25) is 38.7 Å². The molecule has 0 bridgehead atoms. The van der Waals surface area contributed by atoms with Crippen LogP contribution in [0.3, 0.4) is 0 Å². The van der Waals surface area contributed by atoms with Crippen LogP contribution in [0.25, 0.3) is 0 Å². The van der Waals surface area contributed by atoms with E-state index in [9.17, 15) is 54.3 Å². The zero-order valence-electron chi connectivity index (χ0n) is 50.9. The summed E-state index contributed by atoms with van der Waals surface area (Å²) in [6, 6.07) is 6.71. The van der Waals surface area contributed by atoms with Gasteiger partial charge in [-0.05, 0) is 83.4 Å². The van der Waals surface area contributed by atoms with Gasteiger partial charge in [0.2, 0.25) is 5.75 Å². The Balaban J connectivity index is 0. The average molecular weight is 1270 g/mol. The van der Waals surface area contributed by atoms with Crippen LogP contribution in [0.2, 0.25) is 0 Å². The predicted octanol–water partition coefficient (Wildman–Crippen LogP) is -3.52. The van der Waals surface area contributed by atoms with Crippen LogP contribution in [0.1, 0.15) is 70.7 Å². The topological polar surface area (TPSA) is 350 Å². The molecule has 0 saturated carbocycles. The standard InChI is InChI=1S/C55H88N4O23.Mn.2Na/c1-40-31-42(9-10-43(40)60)51(56)53(70)79-28-23-71-15-8-16-78-52-44(76-26-21-72-17-19-74-24-29-81-54(2,3)4)32-41(33-45(52)77-27-22-73-18-20-75-25-30-82-55(5,6)7)39-80-50(69)38-59(37-49(67)68)14-12-57(34-46(61)62)11-13-58(35-47(63)64)36-48(65)66;;;/h9-10,31-33,51,60H,8,11-30,34-39,56H2,1-7H3,(H,61,62)(H,63,64)(H,65,66)(H,67,68);;;/q;+3;2*+1. The van der Waals surface area contributed by atoms with Gasteiger partial charge in [0.1, 0.15) is 38.2 Å². The number of phenolic OH excluding ortho intramolecular Hbond substituents is 1. The number of aliphatic carboxylic acids is 4. The Bertz CT molecular complexity index is 2160. The van der Waals surface area contributed by atoms with Crippen LogP contribution in [0.15, 0.2) is 30.3 Å². The van der Waals surface area contributed by atoms with Crippen molar-refractivity contribution in [1.82, 2.24) is 14.7 Å². The van der Waals surface area contributed by atoms with Crippen molar-refractivity contribution in [2.45, 2.75) is 78.7 Å². The van der Waals surface area contributed by atoms with Crippen LogP contribution >= 0.6 is 0 Å². The zero-order chi connectivity index (χ0) is 60.9. The number of aryl methyl sites for hydroxylation is 1. The first-order valence-corrected chi connectivity index (χ1v) is 26.9. The fourth-order valence-electron chi connectivity index (χ4n) is 7.11. The van der Waals surface area contributed by atoms with Gasteiger partial charge in [0.25, 0.3) is 0 Å². The number of phenols is 1. The molecule has 1 unspecified atom stereocenters. The van der Waals surface area contributed by atoms with E-state index in [1.165, 1.54) is 15.9 Å². The third-order valence-corrected chi connectivity index (χ3v) is 11.0. The number of hydrogen-bond acceptors (Lipinski definition) is 23. The number of nitrogens with two attached hydrogens (primary N) is 1. The Morgan fingerprint density at radius 2 is 0.906 bits per heavy atom. The van der Waals surface area contributed by atoms with Gasteiger partial charge in [0, 0.05) is 39.2 Å². The summed E-state index contributed by atoms with van der Waals surface area (Å²) in [6.07, 6.45) is 0.362. The van der Waals surface area contributed by atoms with Crippen LogP contribution < -0.4 is 79.1 Å². The van der Waals surface area contributed by atoms with E-state index >= 15 is 0 Å². The van der Waals surface area contributed by atoms with Crippen molar-refractivity contribution in [2.75, 3.05) is 165 Å². The van der Waals surface area contributed by atoms with E-state index in [0.29, 0.717) is 62.8 Å². The summed E-state index contributed by atoms with van der Waals surface area (Å²) in [4.78, 5) is 75.9. The second-order valence-electron chi connectivity index (χ2n) is 20.4. The Hall–Kier alpha value is -3.46. The Kier molecular flexibility index (Phi) is 46.7. The molecule has 0 aliphatic rings. The van der Waals surface area contributed by atoms with E-state index in [-0.39, 0.29) is 209 Å². The first kappa shape index (κ1) is 83.6.